The van der Waals surface area contributed by atoms with Gasteiger partial charge in [0.2, 0.25) is 0 Å². The lowest BCUT2D eigenvalue weighted by atomic mass is 10.1. The van der Waals surface area contributed by atoms with Gasteiger partial charge in [-0.1, -0.05) is 43.1 Å². The van der Waals surface area contributed by atoms with Crippen LogP contribution in [0.15, 0.2) is 18.2 Å². The highest BCUT2D eigenvalue weighted by atomic mass is 35.5. The lowest BCUT2D eigenvalue weighted by Gasteiger charge is -2.23. The van der Waals surface area contributed by atoms with Gasteiger partial charge in [-0.15, -0.1) is 0 Å². The second-order valence-electron chi connectivity index (χ2n) is 4.27. The van der Waals surface area contributed by atoms with Crippen LogP contribution in [0.25, 0.3) is 0 Å². The van der Waals surface area contributed by atoms with E-state index < -0.39 is 11.9 Å². The minimum Gasteiger partial charge on any atom is -0.481 e. The molecule has 0 saturated carbocycles. The molecular formula is C13H17Cl2NO2. The Hall–Kier alpha value is -0.770. The zero-order valence-electron chi connectivity index (χ0n) is 10.5. The number of hydrogen-bond acceptors (Lipinski definition) is 2. The standard InChI is InChI=1S/C13H17Cl2NO2/c1-3-16(7-9(2)13(17)18)8-10-11(14)5-4-6-12(10)15/h4-6,9H,3,7-8H2,1-2H3,(H,17,18). The van der Waals surface area contributed by atoms with Crippen molar-refractivity contribution in [3.8, 4) is 0 Å². The van der Waals surface area contributed by atoms with Crippen molar-refractivity contribution in [2.45, 2.75) is 20.4 Å². The van der Waals surface area contributed by atoms with E-state index in [-0.39, 0.29) is 0 Å². The van der Waals surface area contributed by atoms with Gasteiger partial charge in [0.25, 0.3) is 0 Å². The molecule has 0 aliphatic carbocycles. The second-order valence-corrected chi connectivity index (χ2v) is 5.08. The molecule has 100 valence electrons. The molecule has 1 atom stereocenters. The molecule has 18 heavy (non-hydrogen) atoms. The van der Waals surface area contributed by atoms with E-state index in [1.807, 2.05) is 11.8 Å². The number of benzene rings is 1. The molecule has 1 N–H and O–H groups in total. The van der Waals surface area contributed by atoms with Crippen LogP contribution in [-0.2, 0) is 11.3 Å². The van der Waals surface area contributed by atoms with Gasteiger partial charge in [-0.3, -0.25) is 9.69 Å². The molecule has 0 radical (unpaired) electrons. The molecule has 0 amide bonds. The molecule has 1 aromatic rings. The van der Waals surface area contributed by atoms with E-state index in [1.54, 1.807) is 25.1 Å². The Bertz CT molecular complexity index is 403. The van der Waals surface area contributed by atoms with Gasteiger partial charge in [0.1, 0.15) is 0 Å². The summed E-state index contributed by atoms with van der Waals surface area (Å²) in [5, 5.41) is 10.2. The summed E-state index contributed by atoms with van der Waals surface area (Å²) in [6, 6.07) is 5.37. The maximum atomic E-state index is 10.9. The monoisotopic (exact) mass is 289 g/mol. The molecule has 0 aliphatic heterocycles. The minimum atomic E-state index is -0.793. The Balaban J connectivity index is 2.77. The Morgan fingerprint density at radius 3 is 2.39 bits per heavy atom. The Kier molecular flexibility index (Phi) is 5.93. The number of nitrogens with zero attached hydrogens (tertiary/aromatic N) is 1. The number of halogens is 2. The van der Waals surface area contributed by atoms with E-state index >= 15 is 0 Å². The van der Waals surface area contributed by atoms with Gasteiger partial charge in [0.15, 0.2) is 0 Å². The summed E-state index contributed by atoms with van der Waals surface area (Å²) < 4.78 is 0. The highest BCUT2D eigenvalue weighted by Crippen LogP contribution is 2.25. The molecule has 0 spiro atoms. The van der Waals surface area contributed by atoms with Crippen molar-refractivity contribution in [2.24, 2.45) is 5.92 Å². The number of rotatable bonds is 6. The quantitative estimate of drug-likeness (QED) is 0.871. The first-order chi connectivity index (χ1) is 8.45. The summed E-state index contributed by atoms with van der Waals surface area (Å²) in [4.78, 5) is 12.9. The minimum absolute atomic E-state index is 0.411. The Morgan fingerprint density at radius 1 is 1.39 bits per heavy atom. The summed E-state index contributed by atoms with van der Waals surface area (Å²) >= 11 is 12.2. The summed E-state index contributed by atoms with van der Waals surface area (Å²) in [5.74, 6) is -1.20. The Morgan fingerprint density at radius 2 is 1.94 bits per heavy atom. The van der Waals surface area contributed by atoms with Crippen LogP contribution in [0.3, 0.4) is 0 Å². The molecule has 1 aromatic carbocycles. The van der Waals surface area contributed by atoms with Crippen molar-refractivity contribution in [1.29, 1.82) is 0 Å². The maximum Gasteiger partial charge on any atom is 0.307 e. The molecule has 0 saturated heterocycles. The summed E-state index contributed by atoms with van der Waals surface area (Å²) in [6.07, 6.45) is 0. The number of hydrogen-bond donors (Lipinski definition) is 1. The first kappa shape index (κ1) is 15.3. The number of carbonyl (C=O) groups is 1. The van der Waals surface area contributed by atoms with Crippen molar-refractivity contribution >= 4 is 29.2 Å². The number of carboxylic acids is 1. The second kappa shape index (κ2) is 6.98. The summed E-state index contributed by atoms with van der Waals surface area (Å²) in [6.45, 7) is 5.47. The largest absolute Gasteiger partial charge is 0.481 e. The van der Waals surface area contributed by atoms with E-state index in [0.29, 0.717) is 23.1 Å². The highest BCUT2D eigenvalue weighted by molar-refractivity contribution is 6.35. The van der Waals surface area contributed by atoms with E-state index in [0.717, 1.165) is 12.1 Å². The molecular weight excluding hydrogens is 273 g/mol. The third-order valence-electron chi connectivity index (χ3n) is 2.84. The average Bonchev–Trinajstić information content (AvgIpc) is 2.32. The van der Waals surface area contributed by atoms with Crippen LogP contribution in [0.4, 0.5) is 0 Å². The molecule has 1 unspecified atom stereocenters. The van der Waals surface area contributed by atoms with Crippen molar-refractivity contribution in [3.63, 3.8) is 0 Å². The van der Waals surface area contributed by atoms with Crippen LogP contribution in [-0.4, -0.2) is 29.1 Å². The molecule has 3 nitrogen and oxygen atoms in total. The van der Waals surface area contributed by atoms with E-state index in [9.17, 15) is 4.79 Å². The molecule has 0 fully saturated rings. The lowest BCUT2D eigenvalue weighted by Crippen LogP contribution is -2.31. The third-order valence-corrected chi connectivity index (χ3v) is 3.55. The van der Waals surface area contributed by atoms with Gasteiger partial charge in [0, 0.05) is 28.7 Å². The predicted molar refractivity (Wildman–Crippen MR) is 74.2 cm³/mol. The Labute approximate surface area is 117 Å². The fourth-order valence-corrected chi connectivity index (χ4v) is 2.19. The van der Waals surface area contributed by atoms with Crippen LogP contribution in [0.1, 0.15) is 19.4 Å². The van der Waals surface area contributed by atoms with Gasteiger partial charge in [-0.25, -0.2) is 0 Å². The molecule has 5 heteroatoms. The van der Waals surface area contributed by atoms with E-state index in [4.69, 9.17) is 28.3 Å². The van der Waals surface area contributed by atoms with Crippen LogP contribution >= 0.6 is 23.2 Å². The molecule has 1 rings (SSSR count). The average molecular weight is 290 g/mol. The number of aliphatic carboxylic acids is 1. The predicted octanol–water partition coefficient (Wildman–Crippen LogP) is 3.54. The van der Waals surface area contributed by atoms with Gasteiger partial charge >= 0.3 is 5.97 Å². The van der Waals surface area contributed by atoms with Crippen LogP contribution < -0.4 is 0 Å². The first-order valence-corrected chi connectivity index (χ1v) is 6.59. The summed E-state index contributed by atoms with van der Waals surface area (Å²) in [7, 11) is 0. The van der Waals surface area contributed by atoms with Crippen molar-refractivity contribution in [3.05, 3.63) is 33.8 Å². The van der Waals surface area contributed by atoms with Crippen molar-refractivity contribution in [1.82, 2.24) is 4.90 Å². The first-order valence-electron chi connectivity index (χ1n) is 5.83. The lowest BCUT2D eigenvalue weighted by molar-refractivity contribution is -0.141. The molecule has 0 aromatic heterocycles. The smallest absolute Gasteiger partial charge is 0.307 e. The van der Waals surface area contributed by atoms with Crippen LogP contribution in [0, 0.1) is 5.92 Å². The van der Waals surface area contributed by atoms with Gasteiger partial charge in [0.05, 0.1) is 5.92 Å². The van der Waals surface area contributed by atoms with Crippen molar-refractivity contribution in [2.75, 3.05) is 13.1 Å². The molecule has 0 heterocycles. The highest BCUT2D eigenvalue weighted by Gasteiger charge is 2.17. The normalized spacial score (nSPS) is 12.7. The van der Waals surface area contributed by atoms with Gasteiger partial charge in [-0.05, 0) is 18.7 Å². The maximum absolute atomic E-state index is 10.9. The summed E-state index contributed by atoms with van der Waals surface area (Å²) in [5.41, 5.74) is 0.847. The fourth-order valence-electron chi connectivity index (χ4n) is 1.68. The SMILES string of the molecule is CCN(Cc1c(Cl)cccc1Cl)CC(C)C(=O)O. The van der Waals surface area contributed by atoms with Gasteiger partial charge < -0.3 is 5.11 Å². The zero-order chi connectivity index (χ0) is 13.7. The third kappa shape index (κ3) is 4.16. The van der Waals surface area contributed by atoms with Crippen molar-refractivity contribution < 1.29 is 9.90 Å². The van der Waals surface area contributed by atoms with Crippen LogP contribution in [0.5, 0.6) is 0 Å². The topological polar surface area (TPSA) is 40.5 Å². The van der Waals surface area contributed by atoms with Crippen LogP contribution in [0.2, 0.25) is 10.0 Å². The fraction of sp³-hybridized carbons (Fsp3) is 0.462. The number of carboxylic acid groups (broad SMARTS) is 1. The molecule has 0 bridgehead atoms. The van der Waals surface area contributed by atoms with E-state index in [2.05, 4.69) is 0 Å². The van der Waals surface area contributed by atoms with Gasteiger partial charge in [-0.2, -0.15) is 0 Å². The van der Waals surface area contributed by atoms with E-state index in [1.165, 1.54) is 0 Å². The zero-order valence-corrected chi connectivity index (χ0v) is 12.0. The molecule has 0 aliphatic rings.